The van der Waals surface area contributed by atoms with Crippen molar-refractivity contribution in [3.8, 4) is 0 Å². The second kappa shape index (κ2) is 5.92. The van der Waals surface area contributed by atoms with E-state index in [1.165, 1.54) is 39.2 Å². The van der Waals surface area contributed by atoms with E-state index < -0.39 is 0 Å². The number of rotatable bonds is 3. The molecular weight excluding hydrogens is 282 g/mol. The van der Waals surface area contributed by atoms with Gasteiger partial charge >= 0.3 is 0 Å². The molecule has 0 aliphatic heterocycles. The van der Waals surface area contributed by atoms with E-state index in [9.17, 15) is 0 Å². The third kappa shape index (κ3) is 3.00. The third-order valence-corrected chi connectivity index (χ3v) is 4.33. The highest BCUT2D eigenvalue weighted by Gasteiger charge is 2.10. The van der Waals surface area contributed by atoms with E-state index in [2.05, 4.69) is 98.0 Å². The maximum absolute atomic E-state index is 3.34. The van der Waals surface area contributed by atoms with Gasteiger partial charge in [-0.1, -0.05) is 0 Å². The van der Waals surface area contributed by atoms with Crippen LogP contribution in [0.4, 0.5) is 5.69 Å². The Morgan fingerprint density at radius 2 is 1.78 bits per heavy atom. The van der Waals surface area contributed by atoms with Gasteiger partial charge in [0, 0.05) is 54.8 Å². The maximum Gasteiger partial charge on any atom is 0.212 e. The molecule has 0 aliphatic rings. The van der Waals surface area contributed by atoms with E-state index in [0.717, 1.165) is 0 Å². The number of nitrogens with zero attached hydrogens (tertiary/aromatic N) is 2. The van der Waals surface area contributed by atoms with Crippen molar-refractivity contribution in [1.29, 1.82) is 0 Å². The maximum atomic E-state index is 3.34. The summed E-state index contributed by atoms with van der Waals surface area (Å²) >= 11 is 0. The van der Waals surface area contributed by atoms with Crippen molar-refractivity contribution in [3.63, 3.8) is 0 Å². The van der Waals surface area contributed by atoms with Crippen LogP contribution in [0.5, 0.6) is 0 Å². The Labute approximate surface area is 137 Å². The Morgan fingerprint density at radius 3 is 2.43 bits per heavy atom. The molecule has 3 nitrogen and oxygen atoms in total. The summed E-state index contributed by atoms with van der Waals surface area (Å²) in [6.45, 7) is 4.19. The van der Waals surface area contributed by atoms with Gasteiger partial charge in [-0.2, -0.15) is 4.57 Å². The van der Waals surface area contributed by atoms with Crippen molar-refractivity contribution in [1.82, 2.24) is 4.98 Å². The SMILES string of the molecule is Cc1cc(/C=C/c2ccc3cc(N(C)C)ccc3[n+]2C)c(C)[nH]1. The minimum Gasteiger partial charge on any atom is -0.378 e. The summed E-state index contributed by atoms with van der Waals surface area (Å²) < 4.78 is 2.24. The van der Waals surface area contributed by atoms with Crippen LogP contribution >= 0.6 is 0 Å². The van der Waals surface area contributed by atoms with Crippen LogP contribution in [0.3, 0.4) is 0 Å². The number of aromatic nitrogens is 2. The van der Waals surface area contributed by atoms with Gasteiger partial charge in [0.1, 0.15) is 7.05 Å². The zero-order chi connectivity index (χ0) is 16.6. The predicted molar refractivity (Wildman–Crippen MR) is 98.6 cm³/mol. The monoisotopic (exact) mass is 306 g/mol. The lowest BCUT2D eigenvalue weighted by atomic mass is 10.1. The highest BCUT2D eigenvalue weighted by molar-refractivity contribution is 5.81. The summed E-state index contributed by atoms with van der Waals surface area (Å²) in [5.41, 5.74) is 7.29. The van der Waals surface area contributed by atoms with Gasteiger partial charge in [-0.15, -0.1) is 0 Å². The molecule has 0 fully saturated rings. The van der Waals surface area contributed by atoms with Crippen LogP contribution in [0.15, 0.2) is 36.4 Å². The minimum atomic E-state index is 1.19. The molecule has 1 N–H and O–H groups in total. The number of aromatic amines is 1. The quantitative estimate of drug-likeness (QED) is 0.730. The molecule has 0 amide bonds. The van der Waals surface area contributed by atoms with E-state index in [4.69, 9.17) is 0 Å². The molecule has 0 unspecified atom stereocenters. The topological polar surface area (TPSA) is 22.9 Å². The molecule has 3 heteroatoms. The summed E-state index contributed by atoms with van der Waals surface area (Å²) in [5, 5.41) is 1.25. The van der Waals surface area contributed by atoms with Crippen molar-refractivity contribution in [3.05, 3.63) is 59.0 Å². The molecule has 0 saturated heterocycles. The van der Waals surface area contributed by atoms with Gasteiger partial charge in [0.2, 0.25) is 11.2 Å². The minimum absolute atomic E-state index is 1.19. The van der Waals surface area contributed by atoms with Crippen LogP contribution in [-0.2, 0) is 7.05 Å². The first-order chi connectivity index (χ1) is 11.0. The molecule has 0 radical (unpaired) electrons. The fraction of sp³-hybridized carbons (Fsp3) is 0.250. The Balaban J connectivity index is 2.00. The molecule has 3 rings (SSSR count). The van der Waals surface area contributed by atoms with Gasteiger partial charge in [-0.3, -0.25) is 0 Å². The van der Waals surface area contributed by atoms with Gasteiger partial charge in [0.25, 0.3) is 0 Å². The first-order valence-corrected chi connectivity index (χ1v) is 7.90. The zero-order valence-electron chi connectivity index (χ0n) is 14.5. The molecule has 0 saturated carbocycles. The zero-order valence-corrected chi connectivity index (χ0v) is 14.5. The molecule has 23 heavy (non-hydrogen) atoms. The molecule has 2 heterocycles. The number of H-pyrrole nitrogens is 1. The average molecular weight is 306 g/mol. The van der Waals surface area contributed by atoms with Crippen LogP contribution in [0.2, 0.25) is 0 Å². The Kier molecular flexibility index (Phi) is 3.95. The van der Waals surface area contributed by atoms with E-state index >= 15 is 0 Å². The number of nitrogens with one attached hydrogen (secondary N) is 1. The van der Waals surface area contributed by atoms with Crippen LogP contribution in [0.1, 0.15) is 22.6 Å². The lowest BCUT2D eigenvalue weighted by Gasteiger charge is -2.12. The number of fused-ring (bicyclic) bond motifs is 1. The molecule has 3 aromatic rings. The Morgan fingerprint density at radius 1 is 1.00 bits per heavy atom. The number of benzene rings is 1. The van der Waals surface area contributed by atoms with E-state index in [1.807, 2.05) is 0 Å². The fourth-order valence-electron chi connectivity index (χ4n) is 2.95. The summed E-state index contributed by atoms with van der Waals surface area (Å²) in [7, 11) is 6.26. The number of anilines is 1. The van der Waals surface area contributed by atoms with Gasteiger partial charge < -0.3 is 9.88 Å². The van der Waals surface area contributed by atoms with Crippen LogP contribution in [0.25, 0.3) is 23.1 Å². The number of hydrogen-bond donors (Lipinski definition) is 1. The fourth-order valence-corrected chi connectivity index (χ4v) is 2.95. The van der Waals surface area contributed by atoms with Crippen molar-refractivity contribution < 1.29 is 4.57 Å². The number of pyridine rings is 1. The van der Waals surface area contributed by atoms with Crippen molar-refractivity contribution in [2.24, 2.45) is 7.05 Å². The lowest BCUT2D eigenvalue weighted by molar-refractivity contribution is -0.646. The van der Waals surface area contributed by atoms with Gasteiger partial charge in [-0.05, 0) is 49.8 Å². The van der Waals surface area contributed by atoms with E-state index in [1.54, 1.807) is 0 Å². The Bertz CT molecular complexity index is 885. The molecule has 0 atom stereocenters. The third-order valence-electron chi connectivity index (χ3n) is 4.33. The van der Waals surface area contributed by atoms with Gasteiger partial charge in [0.15, 0.2) is 0 Å². The van der Waals surface area contributed by atoms with Crippen LogP contribution < -0.4 is 9.47 Å². The molecule has 118 valence electrons. The van der Waals surface area contributed by atoms with Gasteiger partial charge in [-0.25, -0.2) is 0 Å². The highest BCUT2D eigenvalue weighted by Crippen LogP contribution is 2.20. The summed E-state index contributed by atoms with van der Waals surface area (Å²) in [6.07, 6.45) is 4.35. The standard InChI is InChI=1S/C20H23N3/c1-14-12-16(15(2)21-14)6-8-18-9-7-17-13-19(22(3)4)10-11-20(17)23(18)5/h6-13H,1-5H3/p+1. The molecule has 2 aromatic heterocycles. The average Bonchev–Trinajstić information content (AvgIpc) is 2.84. The highest BCUT2D eigenvalue weighted by atomic mass is 15.1. The Hall–Kier alpha value is -2.55. The smallest absolute Gasteiger partial charge is 0.212 e. The second-order valence-corrected chi connectivity index (χ2v) is 6.32. The number of hydrogen-bond acceptors (Lipinski definition) is 1. The normalized spacial score (nSPS) is 11.5. The number of aryl methyl sites for hydroxylation is 3. The second-order valence-electron chi connectivity index (χ2n) is 6.32. The van der Waals surface area contributed by atoms with Crippen LogP contribution in [0, 0.1) is 13.8 Å². The lowest BCUT2D eigenvalue weighted by Crippen LogP contribution is -2.32. The molecule has 0 aliphatic carbocycles. The predicted octanol–water partition coefficient (Wildman–Crippen LogP) is 3.85. The first kappa shape index (κ1) is 15.3. The van der Waals surface area contributed by atoms with E-state index in [0.29, 0.717) is 0 Å². The molecule has 0 bridgehead atoms. The van der Waals surface area contributed by atoms with Crippen LogP contribution in [-0.4, -0.2) is 19.1 Å². The van der Waals surface area contributed by atoms with Crippen molar-refractivity contribution in [2.45, 2.75) is 13.8 Å². The molecule has 0 spiro atoms. The molecule has 1 aromatic carbocycles. The first-order valence-electron chi connectivity index (χ1n) is 7.90. The van der Waals surface area contributed by atoms with Crippen molar-refractivity contribution in [2.75, 3.05) is 19.0 Å². The summed E-state index contributed by atoms with van der Waals surface area (Å²) in [6, 6.07) is 13.1. The summed E-state index contributed by atoms with van der Waals surface area (Å²) in [5.74, 6) is 0. The largest absolute Gasteiger partial charge is 0.378 e. The van der Waals surface area contributed by atoms with Gasteiger partial charge in [0.05, 0.1) is 0 Å². The van der Waals surface area contributed by atoms with E-state index in [-0.39, 0.29) is 0 Å². The van der Waals surface area contributed by atoms with Crippen molar-refractivity contribution >= 4 is 28.7 Å². The summed E-state index contributed by atoms with van der Waals surface area (Å²) in [4.78, 5) is 5.47. The molecular formula is C20H24N3+.